The number of ether oxygens (including phenoxy) is 2. The second-order valence-electron chi connectivity index (χ2n) is 6.81. The Morgan fingerprint density at radius 1 is 1.13 bits per heavy atom. The van der Waals surface area contributed by atoms with E-state index in [-0.39, 0.29) is 17.3 Å². The molecule has 1 N–H and O–H groups in total. The molecule has 1 atom stereocenters. The predicted molar refractivity (Wildman–Crippen MR) is 116 cm³/mol. The number of benzene rings is 2. The van der Waals surface area contributed by atoms with E-state index in [1.54, 1.807) is 31.2 Å². The zero-order chi connectivity index (χ0) is 21.8. The first-order valence-electron chi connectivity index (χ1n) is 9.27. The van der Waals surface area contributed by atoms with Crippen LogP contribution in [-0.2, 0) is 4.79 Å². The Labute approximate surface area is 179 Å². The van der Waals surface area contributed by atoms with Gasteiger partial charge in [-0.15, -0.1) is 5.10 Å². The first-order chi connectivity index (χ1) is 14.3. The molecular formula is C22H22ClN3O4. The molecule has 8 heteroatoms. The van der Waals surface area contributed by atoms with Gasteiger partial charge in [-0.2, -0.15) is 4.68 Å². The molecule has 30 heavy (non-hydrogen) atoms. The lowest BCUT2D eigenvalue weighted by atomic mass is 10.2. The Morgan fingerprint density at radius 2 is 1.90 bits per heavy atom. The molecule has 0 aliphatic carbocycles. The second kappa shape index (κ2) is 9.00. The van der Waals surface area contributed by atoms with Crippen molar-refractivity contribution in [3.8, 4) is 17.3 Å². The minimum Gasteiger partial charge on any atom is -0.495 e. The number of carbonyl (C=O) groups excluding carboxylic acids is 1. The topological polar surface area (TPSA) is 82.5 Å². The molecular weight excluding hydrogens is 406 g/mol. The Morgan fingerprint density at radius 3 is 2.63 bits per heavy atom. The van der Waals surface area contributed by atoms with Gasteiger partial charge in [0.25, 0.3) is 11.5 Å². The van der Waals surface area contributed by atoms with Crippen LogP contribution in [0.25, 0.3) is 5.69 Å². The summed E-state index contributed by atoms with van der Waals surface area (Å²) in [6.45, 7) is 5.36. The third-order valence-electron chi connectivity index (χ3n) is 4.45. The van der Waals surface area contributed by atoms with Crippen molar-refractivity contribution in [2.75, 3.05) is 12.4 Å². The number of halogens is 1. The zero-order valence-electron chi connectivity index (χ0n) is 17.1. The minimum atomic E-state index is -0.867. The summed E-state index contributed by atoms with van der Waals surface area (Å²) in [4.78, 5) is 24.9. The highest BCUT2D eigenvalue weighted by Gasteiger charge is 2.18. The molecule has 0 unspecified atom stereocenters. The van der Waals surface area contributed by atoms with Gasteiger partial charge in [-0.3, -0.25) is 9.59 Å². The molecule has 0 radical (unpaired) electrons. The van der Waals surface area contributed by atoms with E-state index < -0.39 is 6.10 Å². The number of methoxy groups -OCH3 is 1. The van der Waals surface area contributed by atoms with Crippen LogP contribution in [0.3, 0.4) is 0 Å². The van der Waals surface area contributed by atoms with E-state index in [1.807, 2.05) is 26.0 Å². The summed E-state index contributed by atoms with van der Waals surface area (Å²) in [5.41, 5.74) is 2.55. The van der Waals surface area contributed by atoms with Crippen LogP contribution in [0.5, 0.6) is 11.6 Å². The van der Waals surface area contributed by atoms with Crippen molar-refractivity contribution in [1.82, 2.24) is 9.78 Å². The maximum atomic E-state index is 12.6. The van der Waals surface area contributed by atoms with Crippen LogP contribution in [0.15, 0.2) is 53.3 Å². The lowest BCUT2D eigenvalue weighted by molar-refractivity contribution is -0.122. The Bertz CT molecular complexity index is 1140. The maximum Gasteiger partial charge on any atom is 0.271 e. The van der Waals surface area contributed by atoms with E-state index in [9.17, 15) is 9.59 Å². The molecule has 0 aliphatic heterocycles. The first-order valence-corrected chi connectivity index (χ1v) is 9.65. The molecule has 3 aromatic rings. The van der Waals surface area contributed by atoms with E-state index in [1.165, 1.54) is 23.9 Å². The highest BCUT2D eigenvalue weighted by atomic mass is 35.5. The summed E-state index contributed by atoms with van der Waals surface area (Å²) in [5.74, 6) is 0.300. The van der Waals surface area contributed by atoms with Gasteiger partial charge < -0.3 is 14.8 Å². The highest BCUT2D eigenvalue weighted by molar-refractivity contribution is 6.30. The lowest BCUT2D eigenvalue weighted by Crippen LogP contribution is -2.31. The molecule has 2 aromatic carbocycles. The van der Waals surface area contributed by atoms with E-state index in [2.05, 4.69) is 10.4 Å². The van der Waals surface area contributed by atoms with Crippen LogP contribution in [0.2, 0.25) is 5.02 Å². The van der Waals surface area contributed by atoms with Crippen molar-refractivity contribution in [3.63, 3.8) is 0 Å². The molecule has 156 valence electrons. The van der Waals surface area contributed by atoms with Crippen molar-refractivity contribution in [3.05, 3.63) is 75.0 Å². The van der Waals surface area contributed by atoms with Crippen molar-refractivity contribution in [2.24, 2.45) is 0 Å². The molecule has 0 saturated heterocycles. The minimum absolute atomic E-state index is 0.132. The number of nitrogens with one attached hydrogen (secondary N) is 1. The van der Waals surface area contributed by atoms with Gasteiger partial charge in [-0.1, -0.05) is 23.7 Å². The van der Waals surface area contributed by atoms with Gasteiger partial charge in [-0.25, -0.2) is 0 Å². The average molecular weight is 428 g/mol. The Kier molecular flexibility index (Phi) is 6.42. The van der Waals surface area contributed by atoms with Gasteiger partial charge in [0.05, 0.1) is 18.5 Å². The van der Waals surface area contributed by atoms with E-state index in [0.717, 1.165) is 11.1 Å². The van der Waals surface area contributed by atoms with Crippen LogP contribution in [0.1, 0.15) is 18.1 Å². The van der Waals surface area contributed by atoms with Crippen LogP contribution in [-0.4, -0.2) is 28.9 Å². The number of amides is 1. The van der Waals surface area contributed by atoms with Crippen LogP contribution < -0.4 is 20.3 Å². The number of aryl methyl sites for hydroxylation is 2. The van der Waals surface area contributed by atoms with Gasteiger partial charge >= 0.3 is 0 Å². The van der Waals surface area contributed by atoms with Crippen LogP contribution in [0, 0.1) is 13.8 Å². The van der Waals surface area contributed by atoms with Crippen molar-refractivity contribution in [1.29, 1.82) is 0 Å². The fourth-order valence-electron chi connectivity index (χ4n) is 2.83. The molecule has 1 heterocycles. The fourth-order valence-corrected chi connectivity index (χ4v) is 3.00. The quantitative estimate of drug-likeness (QED) is 0.644. The van der Waals surface area contributed by atoms with Crippen molar-refractivity contribution < 1.29 is 14.3 Å². The second-order valence-corrected chi connectivity index (χ2v) is 7.24. The van der Waals surface area contributed by atoms with E-state index >= 15 is 0 Å². The molecule has 0 fully saturated rings. The van der Waals surface area contributed by atoms with Crippen molar-refractivity contribution >= 4 is 23.2 Å². The predicted octanol–water partition coefficient (Wildman–Crippen LogP) is 3.92. The molecule has 7 nitrogen and oxygen atoms in total. The van der Waals surface area contributed by atoms with E-state index in [4.69, 9.17) is 21.1 Å². The molecule has 0 bridgehead atoms. The SMILES string of the molecule is COc1ccc(C)cc1NC(=O)[C@@H](C)Oc1ccc(=O)n(-c2cc(Cl)ccc2C)n1. The third-order valence-corrected chi connectivity index (χ3v) is 4.69. The summed E-state index contributed by atoms with van der Waals surface area (Å²) in [6, 6.07) is 13.4. The monoisotopic (exact) mass is 427 g/mol. The summed E-state index contributed by atoms with van der Waals surface area (Å²) in [7, 11) is 1.53. The third kappa shape index (κ3) is 4.80. The van der Waals surface area contributed by atoms with Gasteiger partial charge in [0, 0.05) is 17.2 Å². The normalized spacial score (nSPS) is 11.6. The average Bonchev–Trinajstić information content (AvgIpc) is 2.71. The number of hydrogen-bond acceptors (Lipinski definition) is 5. The van der Waals surface area contributed by atoms with Gasteiger partial charge in [-0.05, 0) is 56.2 Å². The number of aromatic nitrogens is 2. The smallest absolute Gasteiger partial charge is 0.271 e. The lowest BCUT2D eigenvalue weighted by Gasteiger charge is -2.17. The number of nitrogens with zero attached hydrogens (tertiary/aromatic N) is 2. The standard InChI is InChI=1S/C22H22ClN3O4/c1-13-5-8-19(29-4)17(11-13)24-22(28)15(3)30-20-9-10-21(27)26(25-20)18-12-16(23)7-6-14(18)2/h5-12,15H,1-4H3,(H,24,28)/t15-/m1/s1. The largest absolute Gasteiger partial charge is 0.495 e. The number of hydrogen-bond donors (Lipinski definition) is 1. The van der Waals surface area contributed by atoms with Gasteiger partial charge in [0.15, 0.2) is 6.10 Å². The van der Waals surface area contributed by atoms with Crippen LogP contribution in [0.4, 0.5) is 5.69 Å². The summed E-state index contributed by atoms with van der Waals surface area (Å²) in [5, 5.41) is 7.52. The van der Waals surface area contributed by atoms with Crippen LogP contribution >= 0.6 is 11.6 Å². The number of rotatable bonds is 6. The number of carbonyl (C=O) groups is 1. The first kappa shape index (κ1) is 21.4. The fraction of sp³-hybridized carbons (Fsp3) is 0.227. The molecule has 0 spiro atoms. The molecule has 1 aromatic heterocycles. The molecule has 3 rings (SSSR count). The summed E-state index contributed by atoms with van der Waals surface area (Å²) >= 11 is 6.06. The number of anilines is 1. The molecule has 1 amide bonds. The molecule has 0 aliphatic rings. The summed E-state index contributed by atoms with van der Waals surface area (Å²) < 4.78 is 12.2. The zero-order valence-corrected chi connectivity index (χ0v) is 17.9. The Balaban J connectivity index is 1.81. The Hall–Kier alpha value is -3.32. The van der Waals surface area contributed by atoms with Gasteiger partial charge in [0.2, 0.25) is 5.88 Å². The molecule has 0 saturated carbocycles. The maximum absolute atomic E-state index is 12.6. The summed E-state index contributed by atoms with van der Waals surface area (Å²) in [6.07, 6.45) is -0.867. The van der Waals surface area contributed by atoms with E-state index in [0.29, 0.717) is 22.1 Å². The van der Waals surface area contributed by atoms with Gasteiger partial charge in [0.1, 0.15) is 5.75 Å². The highest BCUT2D eigenvalue weighted by Crippen LogP contribution is 2.25. The van der Waals surface area contributed by atoms with Crippen molar-refractivity contribution in [2.45, 2.75) is 26.9 Å².